The molecule has 3 rings (SSSR count). The highest BCUT2D eigenvalue weighted by atomic mass is 35.6. The van der Waals surface area contributed by atoms with E-state index in [1.165, 1.54) is 6.92 Å². The van der Waals surface area contributed by atoms with Crippen LogP contribution in [0.25, 0.3) is 0 Å². The number of hydrogen-bond acceptors (Lipinski definition) is 3. The van der Waals surface area contributed by atoms with Crippen LogP contribution in [0.3, 0.4) is 0 Å². The van der Waals surface area contributed by atoms with Gasteiger partial charge in [-0.1, -0.05) is 112 Å². The van der Waals surface area contributed by atoms with Crippen LogP contribution in [0.4, 0.5) is 0 Å². The number of alkyl halides is 3. The van der Waals surface area contributed by atoms with Crippen LogP contribution in [-0.2, 0) is 9.45 Å². The summed E-state index contributed by atoms with van der Waals surface area (Å²) in [4.78, 5) is 15.7. The highest BCUT2D eigenvalue weighted by Gasteiger charge is 2.51. The molecule has 4 nitrogen and oxygen atoms in total. The highest BCUT2D eigenvalue weighted by Crippen LogP contribution is 2.31. The van der Waals surface area contributed by atoms with Crippen molar-refractivity contribution >= 4 is 63.7 Å². The summed E-state index contributed by atoms with van der Waals surface area (Å²) in [5, 5.41) is 2.98. The molecule has 0 saturated heterocycles. The smallest absolute Gasteiger partial charge is 0.507 e. The quantitative estimate of drug-likeness (QED) is 0.411. The van der Waals surface area contributed by atoms with Crippen molar-refractivity contribution in [3.8, 4) is 12.3 Å². The Morgan fingerprint density at radius 3 is 2.03 bits per heavy atom. The van der Waals surface area contributed by atoms with Crippen LogP contribution < -0.4 is 21.1 Å². The van der Waals surface area contributed by atoms with Crippen LogP contribution in [0.1, 0.15) is 6.92 Å². The first-order chi connectivity index (χ1) is 13.8. The van der Waals surface area contributed by atoms with Gasteiger partial charge < -0.3 is 14.9 Å². The lowest BCUT2D eigenvalue weighted by atomic mass is 9.42. The lowest BCUT2D eigenvalue weighted by Crippen LogP contribution is -3.03. The van der Waals surface area contributed by atoms with Crippen molar-refractivity contribution in [2.24, 2.45) is 0 Å². The first-order valence-electron chi connectivity index (χ1n) is 8.89. The molecule has 0 fully saturated rings. The Labute approximate surface area is 184 Å². The van der Waals surface area contributed by atoms with Gasteiger partial charge in [-0.2, -0.15) is 0 Å². The van der Waals surface area contributed by atoms with Gasteiger partial charge in [-0.3, -0.25) is 4.79 Å². The third-order valence-electron chi connectivity index (χ3n) is 4.64. The molecule has 0 radical (unpaired) electrons. The molecule has 148 valence electrons. The Morgan fingerprint density at radius 1 is 1.10 bits per heavy atom. The van der Waals surface area contributed by atoms with Crippen LogP contribution in [0, 0.1) is 12.3 Å². The van der Waals surface area contributed by atoms with Gasteiger partial charge in [0.2, 0.25) is 0 Å². The molecule has 1 aliphatic rings. The zero-order chi connectivity index (χ0) is 21.1. The largest absolute Gasteiger partial charge is 0.638 e. The van der Waals surface area contributed by atoms with Crippen LogP contribution in [0.2, 0.25) is 0 Å². The molecule has 2 aromatic rings. The molecule has 0 amide bonds. The van der Waals surface area contributed by atoms with E-state index >= 15 is 0 Å². The van der Waals surface area contributed by atoms with Crippen molar-refractivity contribution < 1.29 is 14.4 Å². The van der Waals surface area contributed by atoms with Crippen molar-refractivity contribution in [3.63, 3.8) is 0 Å². The molecule has 2 N–H and O–H groups in total. The molecule has 1 heterocycles. The summed E-state index contributed by atoms with van der Waals surface area (Å²) in [7, 11) is 0. The summed E-state index contributed by atoms with van der Waals surface area (Å²) in [5.41, 5.74) is 1.87. The van der Waals surface area contributed by atoms with E-state index in [0.29, 0.717) is 0 Å². The Kier molecular flexibility index (Phi) is 6.28. The second-order valence-corrected chi connectivity index (χ2v) is 8.84. The van der Waals surface area contributed by atoms with Gasteiger partial charge in [-0.15, -0.1) is 6.42 Å². The molecular weight excluding hydrogens is 429 g/mol. The van der Waals surface area contributed by atoms with Gasteiger partial charge >= 0.3 is 6.48 Å². The predicted molar refractivity (Wildman–Crippen MR) is 120 cm³/mol. The molecular formula is C21H18BCl3N2O2. The molecule has 1 aliphatic heterocycles. The maximum Gasteiger partial charge on any atom is 0.507 e. The Bertz CT molecular complexity index is 970. The second-order valence-electron chi connectivity index (χ2n) is 6.56. The topological polar surface area (TPSA) is 52.3 Å². The average Bonchev–Trinajstić information content (AvgIpc) is 2.72. The van der Waals surface area contributed by atoms with E-state index in [1.807, 2.05) is 60.7 Å². The van der Waals surface area contributed by atoms with Crippen LogP contribution >= 0.6 is 34.8 Å². The van der Waals surface area contributed by atoms with Crippen molar-refractivity contribution in [2.75, 3.05) is 6.54 Å². The fourth-order valence-corrected chi connectivity index (χ4v) is 3.87. The number of rotatable bonds is 5. The number of hydrogen-bond donors (Lipinski definition) is 2. The summed E-state index contributed by atoms with van der Waals surface area (Å²) in [6, 6.07) is 19.0. The third kappa shape index (κ3) is 4.30. The molecule has 29 heavy (non-hydrogen) atoms. The molecule has 0 aromatic heterocycles. The van der Waals surface area contributed by atoms with E-state index in [2.05, 4.69) is 16.1 Å². The zero-order valence-electron chi connectivity index (χ0n) is 15.6. The van der Waals surface area contributed by atoms with Crippen molar-refractivity contribution in [3.05, 3.63) is 72.1 Å². The van der Waals surface area contributed by atoms with E-state index in [0.717, 1.165) is 10.9 Å². The van der Waals surface area contributed by atoms with Gasteiger partial charge in [0.1, 0.15) is 5.57 Å². The number of carbonyl (C=O) groups excluding carboxylic acids is 1. The number of terminal acetylenes is 1. The van der Waals surface area contributed by atoms with E-state index in [9.17, 15) is 4.79 Å². The second kappa shape index (κ2) is 8.55. The van der Waals surface area contributed by atoms with Crippen LogP contribution in [0.15, 0.2) is 72.1 Å². The van der Waals surface area contributed by atoms with Crippen molar-refractivity contribution in [2.45, 2.75) is 10.7 Å². The summed E-state index contributed by atoms with van der Waals surface area (Å²) >= 11 is 18.9. The first-order valence-corrected chi connectivity index (χ1v) is 10.0. The first kappa shape index (κ1) is 21.3. The van der Waals surface area contributed by atoms with Crippen molar-refractivity contribution in [1.82, 2.24) is 5.32 Å². The minimum Gasteiger partial charge on any atom is -0.638 e. The lowest BCUT2D eigenvalue weighted by molar-refractivity contribution is -0.325. The van der Waals surface area contributed by atoms with Gasteiger partial charge in [0.05, 0.1) is 6.54 Å². The predicted octanol–water partition coefficient (Wildman–Crippen LogP) is 1.19. The Morgan fingerprint density at radius 2 is 1.62 bits per heavy atom. The Balaban J connectivity index is 2.35. The molecule has 0 atom stereocenters. The zero-order valence-corrected chi connectivity index (χ0v) is 17.9. The number of allylic oxidation sites excluding steroid dienone is 1. The molecule has 2 aromatic carbocycles. The van der Waals surface area contributed by atoms with Gasteiger partial charge in [-0.25, -0.2) is 0 Å². The van der Waals surface area contributed by atoms with E-state index in [4.69, 9.17) is 45.9 Å². The molecule has 0 aliphatic carbocycles. The number of carbonyl (C=O) groups is 1. The molecule has 0 bridgehead atoms. The van der Waals surface area contributed by atoms with E-state index < -0.39 is 10.3 Å². The maximum atomic E-state index is 12.5. The normalized spacial score (nSPS) is 15.8. The summed E-state index contributed by atoms with van der Waals surface area (Å²) in [6.07, 6.45) is 5.41. The van der Waals surface area contributed by atoms with Gasteiger partial charge in [0.25, 0.3) is 3.79 Å². The molecule has 0 unspecified atom stereocenters. The van der Waals surface area contributed by atoms with E-state index in [1.54, 1.807) is 0 Å². The summed E-state index contributed by atoms with van der Waals surface area (Å²) in [5.74, 6) is 2.32. The van der Waals surface area contributed by atoms with Gasteiger partial charge in [0.15, 0.2) is 17.4 Å². The van der Waals surface area contributed by atoms with Crippen LogP contribution in [-0.4, -0.2) is 28.3 Å². The SMILES string of the molecule is C#CCNC1=C(C(C)=O)C(C(Cl)(Cl)Cl)=[NH+][B-](c2ccccc2)(c2ccccc2)O1. The van der Waals surface area contributed by atoms with E-state index in [-0.39, 0.29) is 29.5 Å². The molecule has 8 heteroatoms. The number of benzene rings is 2. The highest BCUT2D eigenvalue weighted by molar-refractivity contribution is 6.92. The minimum atomic E-state index is -2.12. The number of Topliss-reactive ketones (excluding diaryl/α,β-unsaturated/α-hetero) is 1. The standard InChI is InChI=1S/C21H18BCl3N2O2/c1-3-14-26-20-18(15(2)28)19(21(23,24)25)27-22(29-20,16-10-6-4-7-11-16)17-12-8-5-9-13-17/h1,4-13,26-27H,14H2,2H3. The average molecular weight is 448 g/mol. The third-order valence-corrected chi connectivity index (χ3v) is 5.21. The monoisotopic (exact) mass is 446 g/mol. The maximum absolute atomic E-state index is 12.5. The fraction of sp³-hybridized carbons (Fsp3) is 0.143. The van der Waals surface area contributed by atoms with Gasteiger partial charge in [0, 0.05) is 0 Å². The minimum absolute atomic E-state index is 0.115. The molecule has 0 spiro atoms. The number of nitrogens with one attached hydrogen (secondary N) is 2. The Hall–Kier alpha value is -2.39. The summed E-state index contributed by atoms with van der Waals surface area (Å²) < 4.78 is 4.56. The van der Waals surface area contributed by atoms with Gasteiger partial charge in [-0.05, 0) is 6.92 Å². The fourth-order valence-electron chi connectivity index (χ4n) is 3.42. The number of halogens is 3. The van der Waals surface area contributed by atoms with Crippen molar-refractivity contribution in [1.29, 1.82) is 0 Å². The summed E-state index contributed by atoms with van der Waals surface area (Å²) in [6.45, 7) is -0.616. The number of ketones is 1. The lowest BCUT2D eigenvalue weighted by Gasteiger charge is -2.39. The molecule has 0 saturated carbocycles. The van der Waals surface area contributed by atoms with Crippen LogP contribution in [0.5, 0.6) is 0 Å².